The Morgan fingerprint density at radius 1 is 1.67 bits per heavy atom. The number of nitrogens with zero attached hydrogens (tertiary/aromatic N) is 3. The number of rotatable bonds is 3. The van der Waals surface area contributed by atoms with Gasteiger partial charge in [-0.25, -0.2) is 0 Å². The summed E-state index contributed by atoms with van der Waals surface area (Å²) in [6.07, 6.45) is 3.52. The van der Waals surface area contributed by atoms with Gasteiger partial charge in [-0.05, 0) is 20.1 Å². The molecule has 6 heteroatoms. The van der Waals surface area contributed by atoms with Crippen LogP contribution in [0.3, 0.4) is 0 Å². The number of likely N-dealkylation sites (N-methyl/N-ethyl adjacent to an activating group) is 1. The number of nitriles is 1. The van der Waals surface area contributed by atoms with E-state index in [1.807, 2.05) is 20.1 Å². The molecule has 0 atom stereocenters. The summed E-state index contributed by atoms with van der Waals surface area (Å²) in [5.41, 5.74) is 0. The van der Waals surface area contributed by atoms with Crippen molar-refractivity contribution in [1.82, 2.24) is 10.2 Å². The van der Waals surface area contributed by atoms with Gasteiger partial charge in [-0.1, -0.05) is 11.8 Å². The second-order valence-corrected chi connectivity index (χ2v) is 4.05. The zero-order valence-electron chi connectivity index (χ0n) is 9.44. The quantitative estimate of drug-likeness (QED) is 0.437. The van der Waals surface area contributed by atoms with Gasteiger partial charge in [0.05, 0.1) is 6.54 Å². The van der Waals surface area contributed by atoms with Crippen LogP contribution in [0, 0.1) is 11.5 Å². The molecule has 84 valence electrons. The van der Waals surface area contributed by atoms with Gasteiger partial charge in [-0.2, -0.15) is 5.26 Å². The third kappa shape index (κ3) is 5.96. The second-order valence-electron chi connectivity index (χ2n) is 3.28. The van der Waals surface area contributed by atoms with Crippen LogP contribution >= 0.6 is 11.8 Å². The molecule has 0 rings (SSSR count). The number of thioether (sulfide) groups is 1. The van der Waals surface area contributed by atoms with Crippen molar-refractivity contribution in [2.45, 2.75) is 19.9 Å². The van der Waals surface area contributed by atoms with E-state index < -0.39 is 0 Å². The molecule has 0 unspecified atom stereocenters. The van der Waals surface area contributed by atoms with Crippen molar-refractivity contribution in [3.8, 4) is 6.19 Å². The van der Waals surface area contributed by atoms with Gasteiger partial charge in [0, 0.05) is 13.1 Å². The molecular formula is C9H16N4OS. The fraction of sp³-hybridized carbons (Fsp3) is 0.667. The van der Waals surface area contributed by atoms with Gasteiger partial charge in [-0.15, -0.1) is 4.99 Å². The second kappa shape index (κ2) is 7.12. The van der Waals surface area contributed by atoms with Crippen LogP contribution in [-0.2, 0) is 4.79 Å². The number of hydrogen-bond donors (Lipinski definition) is 1. The molecule has 1 amide bonds. The maximum atomic E-state index is 11.4. The molecule has 0 aliphatic heterocycles. The SMILES string of the molecule is CSC(=NC#N)N(C)CC(=O)NC(C)C. The number of nitrogens with one attached hydrogen (secondary N) is 1. The van der Waals surface area contributed by atoms with E-state index in [1.165, 1.54) is 11.8 Å². The first-order chi connectivity index (χ1) is 7.01. The molecule has 0 bridgehead atoms. The largest absolute Gasteiger partial charge is 0.352 e. The monoisotopic (exact) mass is 228 g/mol. The Morgan fingerprint density at radius 2 is 2.27 bits per heavy atom. The van der Waals surface area contributed by atoms with Gasteiger partial charge in [0.2, 0.25) is 12.1 Å². The van der Waals surface area contributed by atoms with Crippen LogP contribution < -0.4 is 5.32 Å². The fourth-order valence-corrected chi connectivity index (χ4v) is 1.49. The number of carbonyl (C=O) groups is 1. The Balaban J connectivity index is 4.23. The van der Waals surface area contributed by atoms with Crippen molar-refractivity contribution in [2.75, 3.05) is 19.8 Å². The van der Waals surface area contributed by atoms with E-state index >= 15 is 0 Å². The summed E-state index contributed by atoms with van der Waals surface area (Å²) in [5.74, 6) is -0.0767. The standard InChI is InChI=1S/C9H16N4OS/c1-7(2)12-8(14)5-13(3)9(15-4)11-6-10/h7H,5H2,1-4H3,(H,12,14). The van der Waals surface area contributed by atoms with Gasteiger partial charge < -0.3 is 10.2 Å². The zero-order valence-corrected chi connectivity index (χ0v) is 10.3. The molecule has 0 aromatic carbocycles. The minimum atomic E-state index is -0.0767. The zero-order chi connectivity index (χ0) is 11.8. The molecule has 0 aliphatic rings. The van der Waals surface area contributed by atoms with Gasteiger partial charge in [-0.3, -0.25) is 4.79 Å². The third-order valence-electron chi connectivity index (χ3n) is 1.49. The third-order valence-corrected chi connectivity index (χ3v) is 2.25. The highest BCUT2D eigenvalue weighted by Crippen LogP contribution is 2.02. The number of carbonyl (C=O) groups excluding carboxylic acids is 1. The fourth-order valence-electron chi connectivity index (χ4n) is 0.980. The lowest BCUT2D eigenvalue weighted by atomic mass is 10.4. The smallest absolute Gasteiger partial charge is 0.239 e. The summed E-state index contributed by atoms with van der Waals surface area (Å²) in [5, 5.41) is 11.7. The first kappa shape index (κ1) is 13.8. The van der Waals surface area contributed by atoms with Gasteiger partial charge in [0.25, 0.3) is 0 Å². The molecular weight excluding hydrogens is 212 g/mol. The predicted octanol–water partition coefficient (Wildman–Crippen LogP) is 0.643. The summed E-state index contributed by atoms with van der Waals surface area (Å²) in [7, 11) is 1.73. The number of amidine groups is 1. The molecule has 0 aromatic rings. The van der Waals surface area contributed by atoms with Crippen molar-refractivity contribution in [1.29, 1.82) is 5.26 Å². The summed E-state index contributed by atoms with van der Waals surface area (Å²) in [6.45, 7) is 4.01. The summed E-state index contributed by atoms with van der Waals surface area (Å²) in [6, 6.07) is 0.122. The lowest BCUT2D eigenvalue weighted by Gasteiger charge is -2.18. The highest BCUT2D eigenvalue weighted by Gasteiger charge is 2.10. The van der Waals surface area contributed by atoms with Crippen LogP contribution in [0.15, 0.2) is 4.99 Å². The molecule has 0 saturated heterocycles. The average molecular weight is 228 g/mol. The van der Waals surface area contributed by atoms with Crippen LogP contribution in [0.4, 0.5) is 0 Å². The lowest BCUT2D eigenvalue weighted by molar-refractivity contribution is -0.121. The molecule has 0 saturated carbocycles. The highest BCUT2D eigenvalue weighted by molar-refractivity contribution is 8.13. The van der Waals surface area contributed by atoms with Crippen molar-refractivity contribution in [3.63, 3.8) is 0 Å². The first-order valence-electron chi connectivity index (χ1n) is 4.52. The van der Waals surface area contributed by atoms with Crippen molar-refractivity contribution >= 4 is 22.8 Å². The molecule has 0 spiro atoms. The number of hydrogen-bond acceptors (Lipinski definition) is 4. The molecule has 0 radical (unpaired) electrons. The van der Waals surface area contributed by atoms with Crippen molar-refractivity contribution < 1.29 is 4.79 Å². The van der Waals surface area contributed by atoms with E-state index in [0.29, 0.717) is 5.17 Å². The predicted molar refractivity (Wildman–Crippen MR) is 62.5 cm³/mol. The van der Waals surface area contributed by atoms with E-state index in [2.05, 4.69) is 10.3 Å². The van der Waals surface area contributed by atoms with Crippen LogP contribution in [0.25, 0.3) is 0 Å². The van der Waals surface area contributed by atoms with Gasteiger partial charge in [0.1, 0.15) is 0 Å². The Hall–Kier alpha value is -1.22. The molecule has 0 heterocycles. The van der Waals surface area contributed by atoms with E-state index in [1.54, 1.807) is 18.1 Å². The summed E-state index contributed by atoms with van der Waals surface area (Å²) in [4.78, 5) is 16.6. The Labute approximate surface area is 94.5 Å². The molecule has 0 aliphatic carbocycles. The van der Waals surface area contributed by atoms with Gasteiger partial charge in [0.15, 0.2) is 5.17 Å². The van der Waals surface area contributed by atoms with Crippen LogP contribution in [0.5, 0.6) is 0 Å². The average Bonchev–Trinajstić information content (AvgIpc) is 2.12. The summed E-state index contributed by atoms with van der Waals surface area (Å²) >= 11 is 1.34. The number of amides is 1. The maximum absolute atomic E-state index is 11.4. The van der Waals surface area contributed by atoms with E-state index in [0.717, 1.165) is 0 Å². The minimum Gasteiger partial charge on any atom is -0.352 e. The van der Waals surface area contributed by atoms with Crippen molar-refractivity contribution in [2.24, 2.45) is 4.99 Å². The molecule has 15 heavy (non-hydrogen) atoms. The maximum Gasteiger partial charge on any atom is 0.239 e. The Kier molecular flexibility index (Phi) is 6.54. The summed E-state index contributed by atoms with van der Waals surface area (Å²) < 4.78 is 0. The van der Waals surface area contributed by atoms with Crippen LogP contribution in [0.1, 0.15) is 13.8 Å². The van der Waals surface area contributed by atoms with E-state index in [4.69, 9.17) is 5.26 Å². The van der Waals surface area contributed by atoms with Crippen LogP contribution in [0.2, 0.25) is 0 Å². The lowest BCUT2D eigenvalue weighted by Crippen LogP contribution is -2.40. The van der Waals surface area contributed by atoms with Crippen LogP contribution in [-0.4, -0.2) is 41.9 Å². The molecule has 1 N–H and O–H groups in total. The minimum absolute atomic E-state index is 0.0767. The number of aliphatic imine (C=N–C) groups is 1. The highest BCUT2D eigenvalue weighted by atomic mass is 32.2. The Bertz CT molecular complexity index is 282. The van der Waals surface area contributed by atoms with E-state index in [9.17, 15) is 4.79 Å². The van der Waals surface area contributed by atoms with Crippen molar-refractivity contribution in [3.05, 3.63) is 0 Å². The van der Waals surface area contributed by atoms with Gasteiger partial charge >= 0.3 is 0 Å². The molecule has 0 aromatic heterocycles. The molecule has 5 nitrogen and oxygen atoms in total. The molecule has 0 fully saturated rings. The first-order valence-corrected chi connectivity index (χ1v) is 5.75. The topological polar surface area (TPSA) is 68.5 Å². The normalized spacial score (nSPS) is 11.1. The Morgan fingerprint density at radius 3 is 2.67 bits per heavy atom. The van der Waals surface area contributed by atoms with E-state index in [-0.39, 0.29) is 18.5 Å².